The molecule has 3 rings (SSSR count). The zero-order chi connectivity index (χ0) is 19.4. The van der Waals surface area contributed by atoms with Crippen molar-refractivity contribution in [3.8, 4) is 5.75 Å². The summed E-state index contributed by atoms with van der Waals surface area (Å²) in [4.78, 5) is 24.3. The Kier molecular flexibility index (Phi) is 5.44. The number of anilines is 2. The van der Waals surface area contributed by atoms with E-state index in [-0.39, 0.29) is 18.0 Å². The van der Waals surface area contributed by atoms with Crippen molar-refractivity contribution in [3.05, 3.63) is 57.6 Å². The largest absolute Gasteiger partial charge is 0.475 e. The van der Waals surface area contributed by atoms with Crippen molar-refractivity contribution in [1.29, 1.82) is 0 Å². The highest BCUT2D eigenvalue weighted by atomic mass is 16.6. The second-order valence-corrected chi connectivity index (χ2v) is 6.29. The molecular weight excluding hydrogens is 350 g/mol. The van der Waals surface area contributed by atoms with Gasteiger partial charge in [-0.1, -0.05) is 12.1 Å². The van der Waals surface area contributed by atoms with Gasteiger partial charge in [0.15, 0.2) is 12.4 Å². The van der Waals surface area contributed by atoms with E-state index in [1.54, 1.807) is 6.07 Å². The summed E-state index contributed by atoms with van der Waals surface area (Å²) in [5, 5.41) is 11.4. The fourth-order valence-corrected chi connectivity index (χ4v) is 3.23. The van der Waals surface area contributed by atoms with Gasteiger partial charge in [0.25, 0.3) is 0 Å². The second kappa shape index (κ2) is 7.94. The third-order valence-corrected chi connectivity index (χ3v) is 4.55. The maximum absolute atomic E-state index is 11.4. The van der Waals surface area contributed by atoms with Gasteiger partial charge < -0.3 is 20.1 Å². The number of nitrogens with zero attached hydrogens (tertiary/aromatic N) is 2. The van der Waals surface area contributed by atoms with Gasteiger partial charge >= 0.3 is 11.7 Å². The van der Waals surface area contributed by atoms with Crippen molar-refractivity contribution in [1.82, 2.24) is 0 Å². The highest BCUT2D eigenvalue weighted by Crippen LogP contribution is 2.34. The first-order valence-corrected chi connectivity index (χ1v) is 8.59. The molecule has 0 atom stereocenters. The van der Waals surface area contributed by atoms with Crippen LogP contribution in [0.3, 0.4) is 0 Å². The van der Waals surface area contributed by atoms with Crippen LogP contribution in [-0.2, 0) is 22.5 Å². The second-order valence-electron chi connectivity index (χ2n) is 6.29. The van der Waals surface area contributed by atoms with Crippen molar-refractivity contribution >= 4 is 23.0 Å². The first kappa shape index (κ1) is 18.5. The number of hydrogen-bond acceptors (Lipinski definition) is 7. The third kappa shape index (κ3) is 4.11. The van der Waals surface area contributed by atoms with Gasteiger partial charge in [-0.15, -0.1) is 0 Å². The lowest BCUT2D eigenvalue weighted by Gasteiger charge is -2.32. The summed E-state index contributed by atoms with van der Waals surface area (Å²) >= 11 is 0. The quantitative estimate of drug-likeness (QED) is 0.360. The normalized spacial score (nSPS) is 13.0. The molecule has 0 fully saturated rings. The Morgan fingerprint density at radius 3 is 2.89 bits per heavy atom. The topological polar surface area (TPSA) is 108 Å². The molecule has 0 radical (unpaired) electrons. The number of fused-ring (bicyclic) bond motifs is 1. The molecule has 1 aliphatic rings. The maximum Gasteiger partial charge on any atom is 0.343 e. The van der Waals surface area contributed by atoms with Crippen LogP contribution in [0.1, 0.15) is 17.5 Å². The van der Waals surface area contributed by atoms with Gasteiger partial charge in [0.2, 0.25) is 0 Å². The van der Waals surface area contributed by atoms with Crippen LogP contribution in [0.4, 0.5) is 17.1 Å². The number of esters is 1. The summed E-state index contributed by atoms with van der Waals surface area (Å²) in [6.45, 7) is 0.995. The lowest BCUT2D eigenvalue weighted by molar-refractivity contribution is -0.385. The molecule has 142 valence electrons. The fourth-order valence-electron chi connectivity index (χ4n) is 3.23. The summed E-state index contributed by atoms with van der Waals surface area (Å²) in [6.07, 6.45) is 1.91. The van der Waals surface area contributed by atoms with E-state index in [0.29, 0.717) is 6.54 Å². The molecule has 0 amide bonds. The number of nitro groups is 1. The van der Waals surface area contributed by atoms with E-state index < -0.39 is 10.9 Å². The molecule has 27 heavy (non-hydrogen) atoms. The molecule has 1 aliphatic heterocycles. The van der Waals surface area contributed by atoms with Crippen LogP contribution in [0.15, 0.2) is 36.4 Å². The molecule has 2 aromatic rings. The van der Waals surface area contributed by atoms with E-state index in [1.165, 1.54) is 19.2 Å². The Morgan fingerprint density at radius 2 is 2.15 bits per heavy atom. The van der Waals surface area contributed by atoms with E-state index in [4.69, 9.17) is 10.5 Å². The van der Waals surface area contributed by atoms with Gasteiger partial charge in [-0.3, -0.25) is 10.1 Å². The van der Waals surface area contributed by atoms with Crippen LogP contribution in [0.2, 0.25) is 0 Å². The average Bonchev–Trinajstić information content (AvgIpc) is 2.67. The summed E-state index contributed by atoms with van der Waals surface area (Å²) in [6, 6.07) is 10.6. The molecule has 0 saturated heterocycles. The molecule has 2 N–H and O–H groups in total. The Bertz CT molecular complexity index is 868. The van der Waals surface area contributed by atoms with Crippen molar-refractivity contribution in [2.45, 2.75) is 19.4 Å². The number of rotatable bonds is 6. The van der Waals surface area contributed by atoms with E-state index in [0.717, 1.165) is 41.9 Å². The number of carbonyl (C=O) groups excluding carboxylic acids is 1. The number of carbonyl (C=O) groups is 1. The number of methoxy groups -OCH3 is 1. The first-order valence-electron chi connectivity index (χ1n) is 8.59. The summed E-state index contributed by atoms with van der Waals surface area (Å²) in [5.74, 6) is -0.562. The highest BCUT2D eigenvalue weighted by molar-refractivity contribution is 5.71. The van der Waals surface area contributed by atoms with Gasteiger partial charge in [0.05, 0.1) is 12.0 Å². The Hall–Kier alpha value is -3.29. The van der Waals surface area contributed by atoms with Crippen LogP contribution in [0.5, 0.6) is 5.75 Å². The average molecular weight is 371 g/mol. The molecule has 0 aromatic heterocycles. The molecule has 0 aliphatic carbocycles. The minimum atomic E-state index is -0.601. The van der Waals surface area contributed by atoms with Crippen molar-refractivity contribution in [3.63, 3.8) is 0 Å². The Labute approximate surface area is 156 Å². The number of ether oxygens (including phenoxy) is 2. The summed E-state index contributed by atoms with van der Waals surface area (Å²) in [5.41, 5.74) is 9.64. The molecule has 0 saturated carbocycles. The minimum absolute atomic E-state index is 0.0393. The molecule has 2 aromatic carbocycles. The number of nitrogens with two attached hydrogens (primary N) is 1. The summed E-state index contributed by atoms with van der Waals surface area (Å²) < 4.78 is 9.71. The van der Waals surface area contributed by atoms with Crippen molar-refractivity contribution in [2.24, 2.45) is 0 Å². The zero-order valence-corrected chi connectivity index (χ0v) is 15.0. The monoisotopic (exact) mass is 371 g/mol. The lowest BCUT2D eigenvalue weighted by atomic mass is 9.99. The van der Waals surface area contributed by atoms with Gasteiger partial charge in [-0.05, 0) is 42.2 Å². The standard InChI is InChI=1S/C19H21N3O5/c1-26-19(23)12-27-18-8-7-13(10-17(18)22(24)25)11-21-9-3-4-14-15(20)5-2-6-16(14)21/h2,5-8,10H,3-4,9,11-12,20H2,1H3. The van der Waals surface area contributed by atoms with E-state index in [2.05, 4.69) is 9.64 Å². The SMILES string of the molecule is COC(=O)COc1ccc(CN2CCCc3c(N)cccc32)cc1[N+](=O)[O-]. The van der Waals surface area contributed by atoms with Gasteiger partial charge in [-0.25, -0.2) is 4.79 Å². The number of nitrogen functional groups attached to an aromatic ring is 1. The van der Waals surface area contributed by atoms with E-state index in [1.807, 2.05) is 18.2 Å². The first-order chi connectivity index (χ1) is 13.0. The van der Waals surface area contributed by atoms with E-state index >= 15 is 0 Å². The van der Waals surface area contributed by atoms with Crippen LogP contribution < -0.4 is 15.4 Å². The number of benzene rings is 2. The molecule has 8 heteroatoms. The molecule has 1 heterocycles. The third-order valence-electron chi connectivity index (χ3n) is 4.55. The smallest absolute Gasteiger partial charge is 0.343 e. The molecule has 0 spiro atoms. The minimum Gasteiger partial charge on any atom is -0.475 e. The predicted octanol–water partition coefficient (Wildman–Crippen LogP) is 2.68. The molecular formula is C19H21N3O5. The predicted molar refractivity (Wildman–Crippen MR) is 101 cm³/mol. The van der Waals surface area contributed by atoms with Crippen molar-refractivity contribution < 1.29 is 19.2 Å². The fraction of sp³-hybridized carbons (Fsp3) is 0.316. The molecule has 0 bridgehead atoms. The zero-order valence-electron chi connectivity index (χ0n) is 15.0. The number of nitro benzene ring substituents is 1. The number of hydrogen-bond donors (Lipinski definition) is 1. The molecule has 0 unspecified atom stereocenters. The highest BCUT2D eigenvalue weighted by Gasteiger charge is 2.21. The van der Waals surface area contributed by atoms with Crippen LogP contribution in [-0.4, -0.2) is 31.2 Å². The lowest BCUT2D eigenvalue weighted by Crippen LogP contribution is -2.29. The van der Waals surface area contributed by atoms with E-state index in [9.17, 15) is 14.9 Å². The van der Waals surface area contributed by atoms with Crippen LogP contribution in [0, 0.1) is 10.1 Å². The van der Waals surface area contributed by atoms with Crippen LogP contribution in [0.25, 0.3) is 0 Å². The van der Waals surface area contributed by atoms with Gasteiger partial charge in [0.1, 0.15) is 0 Å². The Morgan fingerprint density at radius 1 is 1.33 bits per heavy atom. The van der Waals surface area contributed by atoms with Crippen molar-refractivity contribution in [2.75, 3.05) is 30.9 Å². The maximum atomic E-state index is 11.4. The van der Waals surface area contributed by atoms with Gasteiger partial charge in [-0.2, -0.15) is 0 Å². The van der Waals surface area contributed by atoms with Gasteiger partial charge in [0, 0.05) is 30.5 Å². The Balaban J connectivity index is 1.82. The summed E-state index contributed by atoms with van der Waals surface area (Å²) in [7, 11) is 1.23. The van der Waals surface area contributed by atoms with Crippen LogP contribution >= 0.6 is 0 Å². The molecule has 8 nitrogen and oxygen atoms in total.